The largest absolute Gasteiger partial charge is 0.482 e. The van der Waals surface area contributed by atoms with Crippen molar-refractivity contribution in [2.45, 2.75) is 33.8 Å². The van der Waals surface area contributed by atoms with Crippen LogP contribution in [0.3, 0.4) is 0 Å². The van der Waals surface area contributed by atoms with Crippen molar-refractivity contribution in [2.75, 3.05) is 11.9 Å². The maximum Gasteiger partial charge on any atom is 0.341 e. The third-order valence-electron chi connectivity index (χ3n) is 3.38. The zero-order chi connectivity index (χ0) is 18.6. The molecule has 0 atom stereocenters. The number of anilines is 1. The van der Waals surface area contributed by atoms with E-state index < -0.39 is 5.97 Å². The Labute approximate surface area is 155 Å². The molecular formula is C18H20ClNO4S. The van der Waals surface area contributed by atoms with Crippen LogP contribution < -0.4 is 10.1 Å². The minimum Gasteiger partial charge on any atom is -0.482 e. The first kappa shape index (κ1) is 19.3. The highest BCUT2D eigenvalue weighted by atomic mass is 35.5. The van der Waals surface area contributed by atoms with E-state index in [1.807, 2.05) is 13.8 Å². The van der Waals surface area contributed by atoms with Gasteiger partial charge >= 0.3 is 5.97 Å². The summed E-state index contributed by atoms with van der Waals surface area (Å²) >= 11 is 7.33. The summed E-state index contributed by atoms with van der Waals surface area (Å²) in [6, 6.07) is 6.91. The molecule has 0 fully saturated rings. The lowest BCUT2D eigenvalue weighted by Crippen LogP contribution is -2.21. The van der Waals surface area contributed by atoms with E-state index in [-0.39, 0.29) is 18.6 Å². The summed E-state index contributed by atoms with van der Waals surface area (Å²) < 4.78 is 10.7. The molecule has 0 spiro atoms. The molecule has 0 bridgehead atoms. The summed E-state index contributed by atoms with van der Waals surface area (Å²) in [5.74, 6) is -0.392. The van der Waals surface area contributed by atoms with Crippen LogP contribution in [-0.2, 0) is 9.53 Å². The Balaban J connectivity index is 2.09. The zero-order valence-corrected chi connectivity index (χ0v) is 16.1. The van der Waals surface area contributed by atoms with E-state index in [9.17, 15) is 9.59 Å². The fourth-order valence-electron chi connectivity index (χ4n) is 2.10. The van der Waals surface area contributed by atoms with E-state index in [0.29, 0.717) is 21.3 Å². The molecule has 0 radical (unpaired) electrons. The van der Waals surface area contributed by atoms with Crippen molar-refractivity contribution < 1.29 is 19.1 Å². The molecular weight excluding hydrogens is 362 g/mol. The van der Waals surface area contributed by atoms with Crippen LogP contribution in [0, 0.1) is 13.8 Å². The first-order chi connectivity index (χ1) is 11.8. The van der Waals surface area contributed by atoms with Crippen molar-refractivity contribution in [1.29, 1.82) is 0 Å². The van der Waals surface area contributed by atoms with Crippen LogP contribution in [0.25, 0.3) is 0 Å². The predicted molar refractivity (Wildman–Crippen MR) is 99.9 cm³/mol. The van der Waals surface area contributed by atoms with E-state index in [0.717, 1.165) is 10.4 Å². The number of carbonyl (C=O) groups excluding carboxylic acids is 2. The molecule has 0 aliphatic carbocycles. The van der Waals surface area contributed by atoms with Gasteiger partial charge in [-0.1, -0.05) is 23.7 Å². The highest BCUT2D eigenvalue weighted by Crippen LogP contribution is 2.33. The predicted octanol–water partition coefficient (Wildman–Crippen LogP) is 4.60. The lowest BCUT2D eigenvalue weighted by atomic mass is 10.1. The number of thiophene rings is 1. The standard InChI is InChI=1S/C18H20ClNO4S/c1-10(2)24-18(22)16-11(3)12(4)25-17(16)20-15(21)9-23-14-8-6-5-7-13(14)19/h5-8,10H,9H2,1-4H3,(H,20,21). The minimum atomic E-state index is -0.445. The Morgan fingerprint density at radius 3 is 2.56 bits per heavy atom. The van der Waals surface area contributed by atoms with Gasteiger partial charge in [0.25, 0.3) is 5.91 Å². The molecule has 25 heavy (non-hydrogen) atoms. The second kappa shape index (κ2) is 8.36. The van der Waals surface area contributed by atoms with Crippen molar-refractivity contribution in [3.8, 4) is 5.75 Å². The third-order valence-corrected chi connectivity index (χ3v) is 4.82. The highest BCUT2D eigenvalue weighted by molar-refractivity contribution is 7.16. The maximum atomic E-state index is 12.3. The van der Waals surface area contributed by atoms with Gasteiger partial charge in [-0.25, -0.2) is 4.79 Å². The molecule has 0 unspecified atom stereocenters. The lowest BCUT2D eigenvalue weighted by molar-refractivity contribution is -0.118. The van der Waals surface area contributed by atoms with Gasteiger partial charge < -0.3 is 14.8 Å². The molecule has 0 saturated carbocycles. The van der Waals surface area contributed by atoms with Gasteiger partial charge in [0.05, 0.1) is 16.7 Å². The summed E-state index contributed by atoms with van der Waals surface area (Å²) in [6.07, 6.45) is -0.237. The van der Waals surface area contributed by atoms with Gasteiger partial charge in [0.15, 0.2) is 6.61 Å². The molecule has 134 valence electrons. The van der Waals surface area contributed by atoms with Gasteiger partial charge in [0.1, 0.15) is 10.8 Å². The van der Waals surface area contributed by atoms with Gasteiger partial charge in [0, 0.05) is 4.88 Å². The van der Waals surface area contributed by atoms with Crippen LogP contribution in [0.2, 0.25) is 5.02 Å². The number of ether oxygens (including phenoxy) is 2. The fourth-order valence-corrected chi connectivity index (χ4v) is 3.36. The molecule has 0 aliphatic heterocycles. The van der Waals surface area contributed by atoms with Gasteiger partial charge in [-0.3, -0.25) is 4.79 Å². The Morgan fingerprint density at radius 1 is 1.24 bits per heavy atom. The molecule has 1 heterocycles. The molecule has 1 amide bonds. The molecule has 5 nitrogen and oxygen atoms in total. The number of hydrogen-bond acceptors (Lipinski definition) is 5. The molecule has 7 heteroatoms. The molecule has 1 aromatic carbocycles. The van der Waals surface area contributed by atoms with Crippen LogP contribution in [0.15, 0.2) is 24.3 Å². The summed E-state index contributed by atoms with van der Waals surface area (Å²) in [5.41, 5.74) is 1.19. The van der Waals surface area contributed by atoms with E-state index in [4.69, 9.17) is 21.1 Å². The average Bonchev–Trinajstić information content (AvgIpc) is 2.80. The fraction of sp³-hybridized carbons (Fsp3) is 0.333. The van der Waals surface area contributed by atoms with Gasteiger partial charge in [-0.15, -0.1) is 11.3 Å². The molecule has 0 aliphatic rings. The molecule has 2 aromatic rings. The monoisotopic (exact) mass is 381 g/mol. The number of carbonyl (C=O) groups is 2. The van der Waals surface area contributed by atoms with Gasteiger partial charge in [-0.05, 0) is 45.4 Å². The van der Waals surface area contributed by atoms with Crippen molar-refractivity contribution >= 4 is 39.8 Å². The Morgan fingerprint density at radius 2 is 1.92 bits per heavy atom. The Kier molecular flexibility index (Phi) is 6.45. The van der Waals surface area contributed by atoms with Crippen molar-refractivity contribution in [1.82, 2.24) is 0 Å². The van der Waals surface area contributed by atoms with Crippen LogP contribution >= 0.6 is 22.9 Å². The molecule has 1 N–H and O–H groups in total. The number of benzene rings is 1. The number of halogens is 1. The number of hydrogen-bond donors (Lipinski definition) is 1. The van der Waals surface area contributed by atoms with Crippen LogP contribution in [0.1, 0.15) is 34.6 Å². The van der Waals surface area contributed by atoms with Crippen LogP contribution in [0.4, 0.5) is 5.00 Å². The number of nitrogens with one attached hydrogen (secondary N) is 1. The topological polar surface area (TPSA) is 64.6 Å². The molecule has 1 aromatic heterocycles. The van der Waals surface area contributed by atoms with Crippen molar-refractivity contribution in [2.24, 2.45) is 0 Å². The third kappa shape index (κ3) is 4.96. The smallest absolute Gasteiger partial charge is 0.341 e. The maximum absolute atomic E-state index is 12.3. The number of para-hydroxylation sites is 1. The summed E-state index contributed by atoms with van der Waals surface area (Å²) in [7, 11) is 0. The summed E-state index contributed by atoms with van der Waals surface area (Å²) in [4.78, 5) is 25.4. The van der Waals surface area contributed by atoms with Crippen LogP contribution in [0.5, 0.6) is 5.75 Å². The van der Waals surface area contributed by atoms with E-state index in [1.54, 1.807) is 38.1 Å². The normalized spacial score (nSPS) is 10.6. The molecule has 0 saturated heterocycles. The number of esters is 1. The zero-order valence-electron chi connectivity index (χ0n) is 14.5. The number of rotatable bonds is 6. The Bertz CT molecular complexity index is 785. The van der Waals surface area contributed by atoms with E-state index in [2.05, 4.69) is 5.32 Å². The van der Waals surface area contributed by atoms with Crippen molar-refractivity contribution in [3.05, 3.63) is 45.3 Å². The second-order valence-corrected chi connectivity index (χ2v) is 7.34. The first-order valence-electron chi connectivity index (χ1n) is 7.77. The average molecular weight is 382 g/mol. The SMILES string of the molecule is Cc1sc(NC(=O)COc2ccccc2Cl)c(C(=O)OC(C)C)c1C. The minimum absolute atomic E-state index is 0.210. The number of aryl methyl sites for hydroxylation is 1. The van der Waals surface area contributed by atoms with Gasteiger partial charge in [-0.2, -0.15) is 0 Å². The Hall–Kier alpha value is -2.05. The summed E-state index contributed by atoms with van der Waals surface area (Å²) in [5, 5.41) is 3.62. The first-order valence-corrected chi connectivity index (χ1v) is 8.97. The molecule has 2 rings (SSSR count). The van der Waals surface area contributed by atoms with Crippen molar-refractivity contribution in [3.63, 3.8) is 0 Å². The van der Waals surface area contributed by atoms with Gasteiger partial charge in [0.2, 0.25) is 0 Å². The van der Waals surface area contributed by atoms with E-state index >= 15 is 0 Å². The number of amides is 1. The van der Waals surface area contributed by atoms with Crippen LogP contribution in [-0.4, -0.2) is 24.6 Å². The lowest BCUT2D eigenvalue weighted by Gasteiger charge is -2.11. The highest BCUT2D eigenvalue weighted by Gasteiger charge is 2.23. The summed E-state index contributed by atoms with van der Waals surface area (Å²) in [6.45, 7) is 7.07. The van der Waals surface area contributed by atoms with E-state index in [1.165, 1.54) is 11.3 Å². The second-order valence-electron chi connectivity index (χ2n) is 5.71. The quantitative estimate of drug-likeness (QED) is 0.742.